The molecule has 0 aliphatic heterocycles. The van der Waals surface area contributed by atoms with Crippen LogP contribution in [0.2, 0.25) is 0 Å². The highest BCUT2D eigenvalue weighted by Gasteiger charge is 2.12. The van der Waals surface area contributed by atoms with Crippen LogP contribution < -0.4 is 10.9 Å². The standard InChI is InChI=1S/C14H14N6O2/c1-19-8-11(16-18-19)9-4-3-5-10(6-9)15-14(22)12-7-13(21)17-20(12)2/h3-8H,1-2H3,(H,15,22)(H,17,21). The van der Waals surface area contributed by atoms with Gasteiger partial charge in [-0.3, -0.25) is 24.1 Å². The van der Waals surface area contributed by atoms with E-state index < -0.39 is 0 Å². The summed E-state index contributed by atoms with van der Waals surface area (Å²) in [4.78, 5) is 23.4. The minimum atomic E-state index is -0.364. The Morgan fingerprint density at radius 1 is 1.27 bits per heavy atom. The average molecular weight is 298 g/mol. The summed E-state index contributed by atoms with van der Waals surface area (Å²) in [6, 6.07) is 8.51. The van der Waals surface area contributed by atoms with Crippen molar-refractivity contribution in [1.82, 2.24) is 24.8 Å². The first-order chi connectivity index (χ1) is 10.5. The Bertz CT molecular complexity index is 889. The van der Waals surface area contributed by atoms with E-state index in [0.717, 1.165) is 5.56 Å². The molecule has 0 bridgehead atoms. The van der Waals surface area contributed by atoms with Crippen LogP contribution in [0.1, 0.15) is 10.5 Å². The van der Waals surface area contributed by atoms with Crippen LogP contribution in [-0.2, 0) is 14.1 Å². The summed E-state index contributed by atoms with van der Waals surface area (Å²) in [5, 5.41) is 13.2. The fraction of sp³-hybridized carbons (Fsp3) is 0.143. The zero-order valence-electron chi connectivity index (χ0n) is 12.1. The number of H-pyrrole nitrogens is 1. The second-order valence-electron chi connectivity index (χ2n) is 4.88. The van der Waals surface area contributed by atoms with Crippen LogP contribution in [0.15, 0.2) is 41.3 Å². The zero-order valence-corrected chi connectivity index (χ0v) is 12.1. The van der Waals surface area contributed by atoms with Crippen molar-refractivity contribution in [3.05, 3.63) is 52.6 Å². The SMILES string of the molecule is Cn1cc(-c2cccc(NC(=O)c3cc(=O)[nH]n3C)c2)nn1. The monoisotopic (exact) mass is 298 g/mol. The van der Waals surface area contributed by atoms with Gasteiger partial charge in [0.2, 0.25) is 0 Å². The lowest BCUT2D eigenvalue weighted by molar-refractivity contribution is 0.101. The fourth-order valence-electron chi connectivity index (χ4n) is 2.13. The number of hydrogen-bond acceptors (Lipinski definition) is 4. The summed E-state index contributed by atoms with van der Waals surface area (Å²) in [6.07, 6.45) is 1.79. The number of amides is 1. The van der Waals surface area contributed by atoms with Gasteiger partial charge >= 0.3 is 0 Å². The molecule has 3 aromatic rings. The van der Waals surface area contributed by atoms with Gasteiger partial charge in [-0.25, -0.2) is 0 Å². The van der Waals surface area contributed by atoms with Crippen LogP contribution in [0.3, 0.4) is 0 Å². The summed E-state index contributed by atoms with van der Waals surface area (Å²) < 4.78 is 2.99. The number of aromatic nitrogens is 5. The molecule has 112 valence electrons. The molecule has 1 amide bonds. The zero-order chi connectivity index (χ0) is 15.7. The van der Waals surface area contributed by atoms with E-state index in [9.17, 15) is 9.59 Å². The molecule has 8 heteroatoms. The molecule has 22 heavy (non-hydrogen) atoms. The first-order valence-electron chi connectivity index (χ1n) is 6.57. The van der Waals surface area contributed by atoms with Crippen molar-refractivity contribution >= 4 is 11.6 Å². The molecule has 0 fully saturated rings. The van der Waals surface area contributed by atoms with Crippen molar-refractivity contribution < 1.29 is 4.79 Å². The Morgan fingerprint density at radius 2 is 2.09 bits per heavy atom. The molecule has 0 atom stereocenters. The van der Waals surface area contributed by atoms with E-state index in [0.29, 0.717) is 11.4 Å². The summed E-state index contributed by atoms with van der Waals surface area (Å²) in [6.45, 7) is 0. The van der Waals surface area contributed by atoms with Gasteiger partial charge in [0, 0.05) is 31.4 Å². The van der Waals surface area contributed by atoms with E-state index in [-0.39, 0.29) is 17.2 Å². The number of aryl methyl sites for hydroxylation is 2. The third-order valence-electron chi connectivity index (χ3n) is 3.16. The summed E-state index contributed by atoms with van der Waals surface area (Å²) in [5.74, 6) is -0.364. The van der Waals surface area contributed by atoms with E-state index in [1.165, 1.54) is 10.7 Å². The van der Waals surface area contributed by atoms with Crippen LogP contribution >= 0.6 is 0 Å². The number of carbonyl (C=O) groups is 1. The Morgan fingerprint density at radius 3 is 2.73 bits per heavy atom. The van der Waals surface area contributed by atoms with Crippen LogP contribution in [0.4, 0.5) is 5.69 Å². The molecular formula is C14H14N6O2. The number of nitrogens with one attached hydrogen (secondary N) is 2. The topological polar surface area (TPSA) is 97.6 Å². The molecule has 0 saturated carbocycles. The quantitative estimate of drug-likeness (QED) is 0.746. The van der Waals surface area contributed by atoms with Gasteiger partial charge in [-0.2, -0.15) is 0 Å². The summed E-state index contributed by atoms with van der Waals surface area (Å²) in [5.41, 5.74) is 2.11. The van der Waals surface area contributed by atoms with Crippen molar-refractivity contribution in [3.8, 4) is 11.3 Å². The maximum Gasteiger partial charge on any atom is 0.273 e. The summed E-state index contributed by atoms with van der Waals surface area (Å²) >= 11 is 0. The van der Waals surface area contributed by atoms with E-state index in [2.05, 4.69) is 20.7 Å². The van der Waals surface area contributed by atoms with E-state index in [1.54, 1.807) is 37.1 Å². The Hall–Kier alpha value is -3.16. The average Bonchev–Trinajstić information content (AvgIpc) is 3.05. The molecule has 2 N–H and O–H groups in total. The maximum absolute atomic E-state index is 12.2. The highest BCUT2D eigenvalue weighted by Crippen LogP contribution is 2.20. The third kappa shape index (κ3) is 2.66. The van der Waals surface area contributed by atoms with Crippen LogP contribution in [0.5, 0.6) is 0 Å². The molecule has 8 nitrogen and oxygen atoms in total. The molecule has 0 aliphatic rings. The predicted octanol–water partition coefficient (Wildman–Crippen LogP) is 0.761. The van der Waals surface area contributed by atoms with E-state index >= 15 is 0 Å². The molecular weight excluding hydrogens is 284 g/mol. The van der Waals surface area contributed by atoms with Crippen molar-refractivity contribution in [2.45, 2.75) is 0 Å². The van der Waals surface area contributed by atoms with Gasteiger partial charge in [0.1, 0.15) is 11.4 Å². The smallest absolute Gasteiger partial charge is 0.273 e. The minimum absolute atomic E-state index is 0.259. The number of carbonyl (C=O) groups excluding carboxylic acids is 1. The van der Waals surface area contributed by atoms with Gasteiger partial charge in [-0.15, -0.1) is 5.10 Å². The number of benzene rings is 1. The molecule has 0 aliphatic carbocycles. The van der Waals surface area contributed by atoms with E-state index in [4.69, 9.17) is 0 Å². The first-order valence-corrected chi connectivity index (χ1v) is 6.57. The third-order valence-corrected chi connectivity index (χ3v) is 3.16. The fourth-order valence-corrected chi connectivity index (χ4v) is 2.13. The van der Waals surface area contributed by atoms with Crippen molar-refractivity contribution in [1.29, 1.82) is 0 Å². The number of hydrogen-bond donors (Lipinski definition) is 2. The Kier molecular flexibility index (Phi) is 3.34. The van der Waals surface area contributed by atoms with Crippen molar-refractivity contribution in [2.75, 3.05) is 5.32 Å². The second kappa shape index (κ2) is 5.32. The molecule has 1 aromatic carbocycles. The molecule has 2 heterocycles. The maximum atomic E-state index is 12.2. The van der Waals surface area contributed by atoms with Crippen molar-refractivity contribution in [2.24, 2.45) is 14.1 Å². The normalized spacial score (nSPS) is 10.6. The van der Waals surface area contributed by atoms with Gasteiger partial charge in [0.25, 0.3) is 11.5 Å². The lowest BCUT2D eigenvalue weighted by Gasteiger charge is -2.06. The highest BCUT2D eigenvalue weighted by molar-refractivity contribution is 6.03. The molecule has 0 saturated heterocycles. The van der Waals surface area contributed by atoms with E-state index in [1.807, 2.05) is 12.1 Å². The lowest BCUT2D eigenvalue weighted by atomic mass is 10.1. The highest BCUT2D eigenvalue weighted by atomic mass is 16.2. The second-order valence-corrected chi connectivity index (χ2v) is 4.88. The Balaban J connectivity index is 1.85. The predicted molar refractivity (Wildman–Crippen MR) is 80.4 cm³/mol. The van der Waals surface area contributed by atoms with Gasteiger partial charge in [-0.1, -0.05) is 17.3 Å². The molecule has 0 radical (unpaired) electrons. The number of aromatic amines is 1. The van der Waals surface area contributed by atoms with Gasteiger partial charge in [0.15, 0.2) is 0 Å². The van der Waals surface area contributed by atoms with Gasteiger partial charge in [0.05, 0.1) is 6.20 Å². The Labute approximate surface area is 125 Å². The summed E-state index contributed by atoms with van der Waals surface area (Å²) in [7, 11) is 3.39. The lowest BCUT2D eigenvalue weighted by Crippen LogP contribution is -2.16. The molecule has 0 spiro atoms. The molecule has 2 aromatic heterocycles. The van der Waals surface area contributed by atoms with Crippen LogP contribution in [0, 0.1) is 0 Å². The largest absolute Gasteiger partial charge is 0.321 e. The molecule has 3 rings (SSSR count). The van der Waals surface area contributed by atoms with Gasteiger partial charge < -0.3 is 5.32 Å². The molecule has 0 unspecified atom stereocenters. The van der Waals surface area contributed by atoms with Crippen LogP contribution in [-0.4, -0.2) is 30.7 Å². The number of nitrogens with zero attached hydrogens (tertiary/aromatic N) is 4. The first kappa shape index (κ1) is 13.8. The van der Waals surface area contributed by atoms with Crippen LogP contribution in [0.25, 0.3) is 11.3 Å². The number of rotatable bonds is 3. The van der Waals surface area contributed by atoms with Crippen molar-refractivity contribution in [3.63, 3.8) is 0 Å². The van der Waals surface area contributed by atoms with Gasteiger partial charge in [-0.05, 0) is 12.1 Å². The number of anilines is 1. The minimum Gasteiger partial charge on any atom is -0.321 e.